The van der Waals surface area contributed by atoms with Crippen LogP contribution in [0.2, 0.25) is 0 Å². The summed E-state index contributed by atoms with van der Waals surface area (Å²) in [7, 11) is 0. The van der Waals surface area contributed by atoms with Gasteiger partial charge in [0.25, 0.3) is 5.56 Å². The van der Waals surface area contributed by atoms with Crippen LogP contribution in [0.4, 0.5) is 0 Å². The summed E-state index contributed by atoms with van der Waals surface area (Å²) in [5.41, 5.74) is 0.227. The molecule has 2 aromatic heterocycles. The Morgan fingerprint density at radius 3 is 2.60 bits per heavy atom. The SMILES string of the molecule is Cc1nc2c(c(=O)[nH]c(=O)n2CC(C)C)n1CCCBr. The Balaban J connectivity index is 2.71. The number of aryl methyl sites for hydroxylation is 2. The molecule has 0 aliphatic heterocycles. The number of halogens is 1. The molecule has 0 saturated carbocycles. The van der Waals surface area contributed by atoms with Crippen molar-refractivity contribution in [1.29, 1.82) is 0 Å². The van der Waals surface area contributed by atoms with Crippen LogP contribution in [0.25, 0.3) is 11.2 Å². The second-order valence-electron chi connectivity index (χ2n) is 5.29. The maximum absolute atomic E-state index is 12.1. The van der Waals surface area contributed by atoms with E-state index in [-0.39, 0.29) is 11.2 Å². The van der Waals surface area contributed by atoms with E-state index in [4.69, 9.17) is 0 Å². The second-order valence-corrected chi connectivity index (χ2v) is 6.08. The molecule has 20 heavy (non-hydrogen) atoms. The molecule has 2 aromatic rings. The van der Waals surface area contributed by atoms with Gasteiger partial charge in [-0.25, -0.2) is 9.78 Å². The minimum atomic E-state index is -0.388. The van der Waals surface area contributed by atoms with Gasteiger partial charge in [-0.05, 0) is 19.3 Å². The summed E-state index contributed by atoms with van der Waals surface area (Å²) in [6.07, 6.45) is 0.898. The van der Waals surface area contributed by atoms with Gasteiger partial charge in [-0.1, -0.05) is 29.8 Å². The first-order valence-electron chi connectivity index (χ1n) is 6.71. The minimum Gasteiger partial charge on any atom is -0.322 e. The summed E-state index contributed by atoms with van der Waals surface area (Å²) < 4.78 is 3.44. The molecule has 1 N–H and O–H groups in total. The summed E-state index contributed by atoms with van der Waals surface area (Å²) >= 11 is 3.39. The molecule has 7 heteroatoms. The Morgan fingerprint density at radius 2 is 2.00 bits per heavy atom. The van der Waals surface area contributed by atoms with Gasteiger partial charge in [0.2, 0.25) is 0 Å². The van der Waals surface area contributed by atoms with E-state index in [1.807, 2.05) is 25.3 Å². The summed E-state index contributed by atoms with van der Waals surface area (Å²) in [5, 5.41) is 0.857. The van der Waals surface area contributed by atoms with Crippen molar-refractivity contribution in [2.75, 3.05) is 5.33 Å². The molecule has 0 fully saturated rings. The van der Waals surface area contributed by atoms with Crippen LogP contribution in [0.1, 0.15) is 26.1 Å². The molecule has 0 amide bonds. The van der Waals surface area contributed by atoms with Gasteiger partial charge >= 0.3 is 5.69 Å². The number of nitrogens with one attached hydrogen (secondary N) is 1. The summed E-state index contributed by atoms with van der Waals surface area (Å²) in [6, 6.07) is 0. The number of aromatic nitrogens is 4. The van der Waals surface area contributed by atoms with Crippen molar-refractivity contribution in [3.8, 4) is 0 Å². The molecule has 2 rings (SSSR count). The maximum Gasteiger partial charge on any atom is 0.330 e. The van der Waals surface area contributed by atoms with Gasteiger partial charge in [-0.2, -0.15) is 0 Å². The van der Waals surface area contributed by atoms with Gasteiger partial charge in [-0.15, -0.1) is 0 Å². The molecule has 2 heterocycles. The zero-order valence-corrected chi connectivity index (χ0v) is 13.5. The fourth-order valence-corrected chi connectivity index (χ4v) is 2.56. The average molecular weight is 343 g/mol. The second kappa shape index (κ2) is 5.95. The van der Waals surface area contributed by atoms with E-state index < -0.39 is 0 Å². The van der Waals surface area contributed by atoms with E-state index in [1.165, 1.54) is 0 Å². The Labute approximate surface area is 125 Å². The van der Waals surface area contributed by atoms with Crippen molar-refractivity contribution in [2.45, 2.75) is 40.3 Å². The third kappa shape index (κ3) is 2.72. The third-order valence-corrected chi connectivity index (χ3v) is 3.70. The molecule has 0 unspecified atom stereocenters. The van der Waals surface area contributed by atoms with Crippen LogP contribution in [-0.4, -0.2) is 24.4 Å². The average Bonchev–Trinajstić information content (AvgIpc) is 2.69. The molecule has 0 aliphatic rings. The molecule has 0 saturated heterocycles. The van der Waals surface area contributed by atoms with Crippen LogP contribution < -0.4 is 11.2 Å². The molecule has 0 radical (unpaired) electrons. The number of hydrogen-bond donors (Lipinski definition) is 1. The molecule has 0 atom stereocenters. The van der Waals surface area contributed by atoms with Crippen molar-refractivity contribution >= 4 is 27.1 Å². The van der Waals surface area contributed by atoms with E-state index in [0.29, 0.717) is 30.2 Å². The first kappa shape index (κ1) is 15.0. The molecular weight excluding hydrogens is 324 g/mol. The highest BCUT2D eigenvalue weighted by atomic mass is 79.9. The number of H-pyrrole nitrogens is 1. The molecule has 0 aliphatic carbocycles. The van der Waals surface area contributed by atoms with Gasteiger partial charge in [-0.3, -0.25) is 14.3 Å². The highest BCUT2D eigenvalue weighted by molar-refractivity contribution is 9.09. The van der Waals surface area contributed by atoms with Crippen LogP contribution >= 0.6 is 15.9 Å². The maximum atomic E-state index is 12.1. The van der Waals surface area contributed by atoms with Crippen LogP contribution in [0, 0.1) is 12.8 Å². The fourth-order valence-electron chi connectivity index (χ4n) is 2.31. The zero-order valence-electron chi connectivity index (χ0n) is 11.9. The number of nitrogens with zero attached hydrogens (tertiary/aromatic N) is 3. The Morgan fingerprint density at radius 1 is 1.30 bits per heavy atom. The number of alkyl halides is 1. The zero-order chi connectivity index (χ0) is 14.9. The summed E-state index contributed by atoms with van der Waals surface area (Å²) in [5.74, 6) is 1.06. The number of imidazole rings is 1. The van der Waals surface area contributed by atoms with Gasteiger partial charge in [0.15, 0.2) is 11.2 Å². The van der Waals surface area contributed by atoms with Crippen LogP contribution in [-0.2, 0) is 13.1 Å². The van der Waals surface area contributed by atoms with Crippen molar-refractivity contribution in [1.82, 2.24) is 19.1 Å². The molecule has 0 aromatic carbocycles. The van der Waals surface area contributed by atoms with Crippen LogP contribution in [0.5, 0.6) is 0 Å². The third-order valence-electron chi connectivity index (χ3n) is 3.14. The van der Waals surface area contributed by atoms with E-state index in [1.54, 1.807) is 4.57 Å². The summed E-state index contributed by atoms with van der Waals surface area (Å²) in [6.45, 7) is 7.16. The number of rotatable bonds is 5. The highest BCUT2D eigenvalue weighted by Gasteiger charge is 2.16. The lowest BCUT2D eigenvalue weighted by Gasteiger charge is -2.09. The number of fused-ring (bicyclic) bond motifs is 1. The monoisotopic (exact) mass is 342 g/mol. The quantitative estimate of drug-likeness (QED) is 0.839. The van der Waals surface area contributed by atoms with Crippen LogP contribution in [0.15, 0.2) is 9.59 Å². The molecule has 0 bridgehead atoms. The largest absolute Gasteiger partial charge is 0.330 e. The fraction of sp³-hybridized carbons (Fsp3) is 0.615. The van der Waals surface area contributed by atoms with E-state index in [9.17, 15) is 9.59 Å². The lowest BCUT2D eigenvalue weighted by Crippen LogP contribution is -2.32. The molecular formula is C13H19BrN4O2. The van der Waals surface area contributed by atoms with Gasteiger partial charge in [0.1, 0.15) is 5.82 Å². The molecule has 0 spiro atoms. The van der Waals surface area contributed by atoms with E-state index >= 15 is 0 Å². The normalized spacial score (nSPS) is 11.7. The summed E-state index contributed by atoms with van der Waals surface area (Å²) in [4.78, 5) is 30.9. The highest BCUT2D eigenvalue weighted by Crippen LogP contribution is 2.12. The first-order chi connectivity index (χ1) is 9.45. The Kier molecular flexibility index (Phi) is 4.47. The minimum absolute atomic E-state index is 0.301. The topological polar surface area (TPSA) is 72.7 Å². The number of aromatic amines is 1. The lowest BCUT2D eigenvalue weighted by molar-refractivity contribution is 0.513. The molecule has 6 nitrogen and oxygen atoms in total. The predicted octanol–water partition coefficient (Wildman–Crippen LogP) is 1.64. The first-order valence-corrected chi connectivity index (χ1v) is 7.83. The standard InChI is InChI=1S/C13H19BrN4O2/c1-8(2)7-18-11-10(12(19)16-13(18)20)17(6-4-5-14)9(3)15-11/h8H,4-7H2,1-3H3,(H,16,19,20). The van der Waals surface area contributed by atoms with Crippen molar-refractivity contribution < 1.29 is 0 Å². The predicted molar refractivity (Wildman–Crippen MR) is 82.6 cm³/mol. The van der Waals surface area contributed by atoms with Crippen molar-refractivity contribution in [2.24, 2.45) is 5.92 Å². The smallest absolute Gasteiger partial charge is 0.322 e. The lowest BCUT2D eigenvalue weighted by atomic mass is 10.2. The molecule has 110 valence electrons. The van der Waals surface area contributed by atoms with E-state index in [2.05, 4.69) is 25.9 Å². The van der Waals surface area contributed by atoms with Gasteiger partial charge in [0.05, 0.1) is 0 Å². The van der Waals surface area contributed by atoms with Gasteiger partial charge in [0, 0.05) is 18.4 Å². The van der Waals surface area contributed by atoms with E-state index in [0.717, 1.165) is 17.6 Å². The Hall–Kier alpha value is -1.37. The number of hydrogen-bond acceptors (Lipinski definition) is 3. The van der Waals surface area contributed by atoms with Crippen molar-refractivity contribution in [3.05, 3.63) is 26.7 Å². The van der Waals surface area contributed by atoms with Crippen LogP contribution in [0.3, 0.4) is 0 Å². The Bertz CT molecular complexity index is 726. The van der Waals surface area contributed by atoms with Crippen molar-refractivity contribution in [3.63, 3.8) is 0 Å². The van der Waals surface area contributed by atoms with Gasteiger partial charge < -0.3 is 4.57 Å².